The van der Waals surface area contributed by atoms with Crippen LogP contribution in [0.25, 0.3) is 0 Å². The van der Waals surface area contributed by atoms with Gasteiger partial charge in [-0.3, -0.25) is 14.4 Å². The Hall–Kier alpha value is -3.19. The summed E-state index contributed by atoms with van der Waals surface area (Å²) in [5.74, 6) is -1.67. The average molecular weight is 466 g/mol. The fourth-order valence-corrected chi connectivity index (χ4v) is 4.85. The third kappa shape index (κ3) is 4.99. The van der Waals surface area contributed by atoms with Gasteiger partial charge in [0, 0.05) is 39.1 Å². The minimum absolute atomic E-state index is 0.0273. The van der Waals surface area contributed by atoms with Crippen LogP contribution in [-0.2, 0) is 33.7 Å². The van der Waals surface area contributed by atoms with Gasteiger partial charge in [-0.25, -0.2) is 18.1 Å². The summed E-state index contributed by atoms with van der Waals surface area (Å²) in [6.07, 6.45) is 4.79. The molecule has 12 nitrogen and oxygen atoms in total. The molecule has 3 unspecified atom stereocenters. The predicted octanol–water partition coefficient (Wildman–Crippen LogP) is -1.30. The number of aromatic nitrogens is 3. The second-order valence-electron chi connectivity index (χ2n) is 7.87. The topological polar surface area (TPSA) is 161 Å². The van der Waals surface area contributed by atoms with Gasteiger partial charge in [0.05, 0.1) is 6.33 Å². The number of hydrogen-bond donors (Lipinski definition) is 3. The molecule has 2 aromatic heterocycles. The van der Waals surface area contributed by atoms with Crippen LogP contribution in [0.1, 0.15) is 30.3 Å². The molecule has 32 heavy (non-hydrogen) atoms. The summed E-state index contributed by atoms with van der Waals surface area (Å²) in [4.78, 5) is 42.7. The molecular formula is C19H27N7O5S. The van der Waals surface area contributed by atoms with Crippen molar-refractivity contribution in [1.29, 1.82) is 0 Å². The Morgan fingerprint density at radius 1 is 1.28 bits per heavy atom. The first-order valence-corrected chi connectivity index (χ1v) is 11.5. The molecule has 13 heteroatoms. The van der Waals surface area contributed by atoms with Gasteiger partial charge in [-0.1, -0.05) is 0 Å². The molecule has 1 saturated heterocycles. The third-order valence-electron chi connectivity index (χ3n) is 5.39. The van der Waals surface area contributed by atoms with Gasteiger partial charge in [-0.05, 0) is 31.9 Å². The molecule has 0 spiro atoms. The minimum atomic E-state index is -3.91. The molecule has 0 aromatic carbocycles. The molecule has 3 atom stereocenters. The largest absolute Gasteiger partial charge is 0.368 e. The molecule has 0 radical (unpaired) electrons. The van der Waals surface area contributed by atoms with Crippen LogP contribution in [0.2, 0.25) is 0 Å². The Morgan fingerprint density at radius 3 is 2.56 bits per heavy atom. The van der Waals surface area contributed by atoms with Crippen LogP contribution in [0.5, 0.6) is 0 Å². The number of amides is 3. The van der Waals surface area contributed by atoms with Gasteiger partial charge < -0.3 is 25.1 Å². The first kappa shape index (κ1) is 23.5. The number of rotatable bonds is 7. The van der Waals surface area contributed by atoms with Crippen LogP contribution >= 0.6 is 0 Å². The molecular weight excluding hydrogens is 438 g/mol. The second kappa shape index (κ2) is 9.12. The van der Waals surface area contributed by atoms with Crippen LogP contribution < -0.4 is 15.8 Å². The van der Waals surface area contributed by atoms with E-state index in [0.29, 0.717) is 12.1 Å². The lowest BCUT2D eigenvalue weighted by molar-refractivity contribution is -0.131. The number of hydrogen-bond acceptors (Lipinski definition) is 6. The van der Waals surface area contributed by atoms with Crippen LogP contribution in [0.15, 0.2) is 35.9 Å². The van der Waals surface area contributed by atoms with Crippen molar-refractivity contribution in [1.82, 2.24) is 29.1 Å². The van der Waals surface area contributed by atoms with Crippen LogP contribution in [0.3, 0.4) is 0 Å². The van der Waals surface area contributed by atoms with E-state index in [9.17, 15) is 22.8 Å². The van der Waals surface area contributed by atoms with Gasteiger partial charge in [0.15, 0.2) is 5.03 Å². The normalized spacial score (nSPS) is 20.0. The standard InChI is InChI=1S/C19H27N7O5S/c1-12(17(20)27)22-18(28)15-9-13(23-32(30,31)16-10-24(2)11-21-16)6-8-26(15)19(29)14-5-4-7-25(14)3/h4-5,7,10-13,15,23H,6,8-9H2,1-3H3,(H2,20,27)(H,22,28). The van der Waals surface area contributed by atoms with Gasteiger partial charge >= 0.3 is 0 Å². The first-order chi connectivity index (χ1) is 15.0. The van der Waals surface area contributed by atoms with Crippen LogP contribution in [-0.4, -0.2) is 69.8 Å². The number of likely N-dealkylation sites (tertiary alicyclic amines) is 1. The van der Waals surface area contributed by atoms with Gasteiger partial charge in [-0.15, -0.1) is 0 Å². The highest BCUT2D eigenvalue weighted by molar-refractivity contribution is 7.89. The summed E-state index contributed by atoms with van der Waals surface area (Å²) in [6, 6.07) is 0.799. The van der Waals surface area contributed by atoms with E-state index in [0.717, 1.165) is 0 Å². The second-order valence-corrected chi connectivity index (χ2v) is 9.53. The Kier molecular flexibility index (Phi) is 6.69. The number of piperidine rings is 1. The van der Waals surface area contributed by atoms with E-state index in [4.69, 9.17) is 5.73 Å². The fourth-order valence-electron chi connectivity index (χ4n) is 3.58. The highest BCUT2D eigenvalue weighted by Crippen LogP contribution is 2.22. The minimum Gasteiger partial charge on any atom is -0.368 e. The lowest BCUT2D eigenvalue weighted by atomic mass is 9.96. The molecule has 4 N–H and O–H groups in total. The first-order valence-electron chi connectivity index (χ1n) is 10.0. The number of carbonyl (C=O) groups excluding carboxylic acids is 3. The molecule has 3 heterocycles. The van der Waals surface area contributed by atoms with Crippen molar-refractivity contribution in [3.63, 3.8) is 0 Å². The third-order valence-corrected chi connectivity index (χ3v) is 6.80. The SMILES string of the molecule is CC(NC(=O)C1CC(NS(=O)(=O)c2cn(C)cn2)CCN1C(=O)c1cccn1C)C(N)=O. The summed E-state index contributed by atoms with van der Waals surface area (Å²) in [7, 11) is -0.541. The zero-order valence-corrected chi connectivity index (χ0v) is 18.9. The lowest BCUT2D eigenvalue weighted by Crippen LogP contribution is -2.59. The number of nitrogens with zero attached hydrogens (tertiary/aromatic N) is 4. The predicted molar refractivity (Wildman–Crippen MR) is 114 cm³/mol. The smallest absolute Gasteiger partial charge is 0.271 e. The van der Waals surface area contributed by atoms with E-state index in [1.165, 1.54) is 28.9 Å². The highest BCUT2D eigenvalue weighted by atomic mass is 32.2. The van der Waals surface area contributed by atoms with Gasteiger partial charge in [0.1, 0.15) is 17.8 Å². The summed E-state index contributed by atoms with van der Waals surface area (Å²) in [5, 5.41) is 2.37. The van der Waals surface area contributed by atoms with E-state index >= 15 is 0 Å². The maximum Gasteiger partial charge on any atom is 0.271 e. The number of sulfonamides is 1. The van der Waals surface area contributed by atoms with Crippen molar-refractivity contribution in [2.75, 3.05) is 6.54 Å². The lowest BCUT2D eigenvalue weighted by Gasteiger charge is -2.38. The average Bonchev–Trinajstić information content (AvgIpc) is 3.35. The number of aryl methyl sites for hydroxylation is 2. The number of nitrogens with two attached hydrogens (primary N) is 1. The van der Waals surface area contributed by atoms with Gasteiger partial charge in [0.25, 0.3) is 15.9 Å². The molecule has 3 rings (SSSR count). The molecule has 0 aliphatic carbocycles. The van der Waals surface area contributed by atoms with Crippen LogP contribution in [0, 0.1) is 0 Å². The van der Waals surface area contributed by atoms with Gasteiger partial charge in [0.2, 0.25) is 11.8 Å². The summed E-state index contributed by atoms with van der Waals surface area (Å²) in [6.45, 7) is 1.58. The zero-order chi connectivity index (χ0) is 23.6. The Labute approximate surface area is 185 Å². The quantitative estimate of drug-likeness (QED) is 0.460. The van der Waals surface area contributed by atoms with E-state index < -0.39 is 40.0 Å². The number of carbonyl (C=O) groups is 3. The van der Waals surface area contributed by atoms with E-state index in [1.807, 2.05) is 0 Å². The van der Waals surface area contributed by atoms with E-state index in [2.05, 4.69) is 15.0 Å². The molecule has 1 aliphatic heterocycles. The van der Waals surface area contributed by atoms with Crippen molar-refractivity contribution >= 4 is 27.7 Å². The van der Waals surface area contributed by atoms with Crippen molar-refractivity contribution in [3.8, 4) is 0 Å². The van der Waals surface area contributed by atoms with Gasteiger partial charge in [-0.2, -0.15) is 0 Å². The van der Waals surface area contributed by atoms with Crippen molar-refractivity contribution in [3.05, 3.63) is 36.5 Å². The molecule has 174 valence electrons. The Bertz CT molecular complexity index is 1120. The molecule has 2 aromatic rings. The highest BCUT2D eigenvalue weighted by Gasteiger charge is 2.39. The molecule has 3 amide bonds. The van der Waals surface area contributed by atoms with E-state index in [-0.39, 0.29) is 23.9 Å². The summed E-state index contributed by atoms with van der Waals surface area (Å²) < 4.78 is 31.1. The van der Waals surface area contributed by atoms with Crippen molar-refractivity contribution < 1.29 is 22.8 Å². The zero-order valence-electron chi connectivity index (χ0n) is 18.1. The van der Waals surface area contributed by atoms with Crippen molar-refractivity contribution in [2.45, 2.75) is 42.9 Å². The van der Waals surface area contributed by atoms with E-state index in [1.54, 1.807) is 37.0 Å². The number of primary amides is 1. The Balaban J connectivity index is 1.82. The maximum atomic E-state index is 13.1. The summed E-state index contributed by atoms with van der Waals surface area (Å²) in [5.41, 5.74) is 5.63. The number of nitrogens with one attached hydrogen (secondary N) is 2. The monoisotopic (exact) mass is 465 g/mol. The molecule has 1 fully saturated rings. The number of imidazole rings is 1. The maximum absolute atomic E-state index is 13.1. The van der Waals surface area contributed by atoms with Crippen LogP contribution in [0.4, 0.5) is 0 Å². The Morgan fingerprint density at radius 2 is 2.00 bits per heavy atom. The molecule has 0 saturated carbocycles. The fraction of sp³-hybridized carbons (Fsp3) is 0.474. The summed E-state index contributed by atoms with van der Waals surface area (Å²) >= 11 is 0. The molecule has 1 aliphatic rings. The van der Waals surface area contributed by atoms with Crippen molar-refractivity contribution in [2.24, 2.45) is 19.8 Å². The molecule has 0 bridgehead atoms.